The molecule has 53 heavy (non-hydrogen) atoms. The summed E-state index contributed by atoms with van der Waals surface area (Å²) < 4.78 is 2.43. The molecule has 5 heteroatoms. The lowest BCUT2D eigenvalue weighted by molar-refractivity contribution is 1.48. The highest BCUT2D eigenvalue weighted by Gasteiger charge is 2.38. The molecule has 0 bridgehead atoms. The second-order valence-corrected chi connectivity index (χ2v) is 20.9. The molecule has 10 aromatic rings. The molecule has 2 aromatic heterocycles. The Labute approximate surface area is 316 Å². The maximum absolute atomic E-state index is 4.96. The molecule has 0 saturated heterocycles. The molecule has 3 heterocycles. The molecule has 0 aliphatic carbocycles. The van der Waals surface area contributed by atoms with E-state index in [1.54, 1.807) is 22.7 Å². The minimum absolute atomic E-state index is 1.05. The van der Waals surface area contributed by atoms with Crippen molar-refractivity contribution in [3.05, 3.63) is 158 Å². The fourth-order valence-corrected chi connectivity index (χ4v) is 13.6. The number of rotatable bonds is 4. The first-order chi connectivity index (χ1) is 26.0. The lowest BCUT2D eigenvalue weighted by Gasteiger charge is -2.22. The summed E-state index contributed by atoms with van der Waals surface area (Å²) in [7, 11) is -1.93. The average molecular weight is 729 g/mol. The molecule has 0 unspecified atom stereocenters. The largest absolute Gasteiger partial charge is 0.236 e. The lowest BCUT2D eigenvalue weighted by atomic mass is 9.84. The number of aromatic nitrogens is 2. The van der Waals surface area contributed by atoms with Gasteiger partial charge in [0, 0.05) is 11.1 Å². The van der Waals surface area contributed by atoms with Gasteiger partial charge in [-0.05, 0) is 95.6 Å². The minimum Gasteiger partial charge on any atom is -0.236 e. The van der Waals surface area contributed by atoms with Crippen LogP contribution in [0.25, 0.3) is 96.5 Å². The summed E-state index contributed by atoms with van der Waals surface area (Å²) >= 11 is 3.51. The Bertz CT molecular complexity index is 3010. The highest BCUT2D eigenvalue weighted by molar-refractivity contribution is 7.22. The van der Waals surface area contributed by atoms with Gasteiger partial charge in [-0.2, -0.15) is 0 Å². The Hall–Kier alpha value is -5.72. The molecule has 1 aliphatic rings. The van der Waals surface area contributed by atoms with Crippen molar-refractivity contribution in [2.75, 3.05) is 0 Å². The summed E-state index contributed by atoms with van der Waals surface area (Å²) in [6.45, 7) is 5.03. The second-order valence-electron chi connectivity index (χ2n) is 14.5. The number of benzene rings is 8. The van der Waals surface area contributed by atoms with Crippen molar-refractivity contribution >= 4 is 83.1 Å². The Morgan fingerprint density at radius 2 is 0.849 bits per heavy atom. The number of hydrogen-bond donors (Lipinski definition) is 0. The van der Waals surface area contributed by atoms with Crippen LogP contribution in [0.5, 0.6) is 0 Å². The highest BCUT2D eigenvalue weighted by atomic mass is 32.1. The van der Waals surface area contributed by atoms with Gasteiger partial charge in [-0.3, -0.25) is 0 Å². The number of hydrogen-bond acceptors (Lipinski definition) is 4. The smallest absolute Gasteiger partial charge is 0.124 e. The molecule has 1 aliphatic heterocycles. The lowest BCUT2D eigenvalue weighted by Crippen LogP contribution is -2.49. The van der Waals surface area contributed by atoms with Gasteiger partial charge < -0.3 is 0 Å². The van der Waals surface area contributed by atoms with Crippen LogP contribution in [-0.2, 0) is 0 Å². The maximum Gasteiger partial charge on any atom is 0.124 e. The highest BCUT2D eigenvalue weighted by Crippen LogP contribution is 2.46. The zero-order valence-corrected chi connectivity index (χ0v) is 31.9. The molecule has 0 saturated carbocycles. The molecular formula is C48H32N2S2Si. The van der Waals surface area contributed by atoms with Crippen molar-refractivity contribution in [2.24, 2.45) is 0 Å². The summed E-state index contributed by atoms with van der Waals surface area (Å²) in [4.78, 5) is 9.92. The van der Waals surface area contributed by atoms with Crippen LogP contribution in [-0.4, -0.2) is 18.0 Å². The Morgan fingerprint density at radius 3 is 1.40 bits per heavy atom. The predicted molar refractivity (Wildman–Crippen MR) is 232 cm³/mol. The van der Waals surface area contributed by atoms with Gasteiger partial charge in [0.2, 0.25) is 0 Å². The number of nitrogens with zero attached hydrogens (tertiary/aromatic N) is 2. The summed E-state index contributed by atoms with van der Waals surface area (Å²) in [6, 6.07) is 58.2. The molecular weight excluding hydrogens is 697 g/mol. The van der Waals surface area contributed by atoms with Gasteiger partial charge >= 0.3 is 0 Å². The first-order valence-electron chi connectivity index (χ1n) is 18.1. The van der Waals surface area contributed by atoms with E-state index in [-0.39, 0.29) is 0 Å². The summed E-state index contributed by atoms with van der Waals surface area (Å²) in [5.74, 6) is 0. The van der Waals surface area contributed by atoms with Gasteiger partial charge in [-0.15, -0.1) is 22.7 Å². The van der Waals surface area contributed by atoms with Crippen molar-refractivity contribution in [1.29, 1.82) is 0 Å². The van der Waals surface area contributed by atoms with E-state index >= 15 is 0 Å². The van der Waals surface area contributed by atoms with Crippen molar-refractivity contribution in [3.63, 3.8) is 0 Å². The molecule has 8 aromatic carbocycles. The number of fused-ring (bicyclic) bond motifs is 7. The standard InChI is InChI=1S/C48H32N2S2Si/c1-53(2)43-18-10-5-11-33(43)36-27-37-38(28-44(36)53)46(30-21-25-32(26-22-30)48-50-40-15-7-9-17-42(40)52-48)35-13-4-3-12-34(35)45(37)29-19-23-31(24-20-29)47-49-39-14-6-8-16-41(39)51-47/h3-28H,1-2H3. The molecule has 0 N–H and O–H groups in total. The van der Waals surface area contributed by atoms with Gasteiger partial charge in [-0.25, -0.2) is 9.97 Å². The van der Waals surface area contributed by atoms with Crippen molar-refractivity contribution in [1.82, 2.24) is 9.97 Å². The molecule has 11 rings (SSSR count). The van der Waals surface area contributed by atoms with Gasteiger partial charge in [0.15, 0.2) is 0 Å². The predicted octanol–water partition coefficient (Wildman–Crippen LogP) is 12.7. The summed E-state index contributed by atoms with van der Waals surface area (Å²) in [5, 5.41) is 10.3. The van der Waals surface area contributed by atoms with E-state index in [2.05, 4.69) is 171 Å². The molecule has 0 fully saturated rings. The summed E-state index contributed by atoms with van der Waals surface area (Å²) in [6.07, 6.45) is 0. The van der Waals surface area contributed by atoms with E-state index in [0.717, 1.165) is 32.2 Å². The zero-order valence-electron chi connectivity index (χ0n) is 29.2. The monoisotopic (exact) mass is 728 g/mol. The van der Waals surface area contributed by atoms with E-state index < -0.39 is 8.07 Å². The first kappa shape index (κ1) is 30.9. The van der Waals surface area contributed by atoms with Gasteiger partial charge in [0.05, 0.1) is 20.4 Å². The third-order valence-corrected chi connectivity index (χ3v) is 16.9. The third kappa shape index (κ3) is 4.74. The van der Waals surface area contributed by atoms with Crippen LogP contribution in [0.1, 0.15) is 0 Å². The Balaban J connectivity index is 1.15. The first-order valence-corrected chi connectivity index (χ1v) is 22.7. The van der Waals surface area contributed by atoms with Gasteiger partial charge in [0.1, 0.15) is 18.1 Å². The third-order valence-electron chi connectivity index (χ3n) is 11.2. The van der Waals surface area contributed by atoms with Crippen LogP contribution in [0, 0.1) is 0 Å². The Kier molecular flexibility index (Phi) is 6.78. The number of thiazole rings is 2. The van der Waals surface area contributed by atoms with Crippen molar-refractivity contribution in [3.8, 4) is 54.5 Å². The van der Waals surface area contributed by atoms with Gasteiger partial charge in [0.25, 0.3) is 0 Å². The van der Waals surface area contributed by atoms with E-state index in [1.165, 1.54) is 74.7 Å². The SMILES string of the molecule is C[Si]1(C)c2ccccc2-c2cc3c(-c4ccc(-c5nc6ccccc6s5)cc4)c4ccccc4c(-c4ccc(-c5nc6ccccc6s5)cc4)c3cc21. The van der Waals surface area contributed by atoms with E-state index in [0.29, 0.717) is 0 Å². The van der Waals surface area contributed by atoms with Crippen LogP contribution in [0.15, 0.2) is 158 Å². The van der Waals surface area contributed by atoms with Crippen molar-refractivity contribution in [2.45, 2.75) is 13.1 Å². The average Bonchev–Trinajstić information content (AvgIpc) is 3.90. The molecule has 2 nitrogen and oxygen atoms in total. The van der Waals surface area contributed by atoms with Crippen molar-refractivity contribution < 1.29 is 0 Å². The van der Waals surface area contributed by atoms with E-state index in [1.807, 2.05) is 0 Å². The fourth-order valence-electron chi connectivity index (χ4n) is 8.54. The number of para-hydroxylation sites is 2. The van der Waals surface area contributed by atoms with Crippen LogP contribution in [0.2, 0.25) is 13.1 Å². The van der Waals surface area contributed by atoms with Crippen LogP contribution in [0.4, 0.5) is 0 Å². The molecule has 0 amide bonds. The van der Waals surface area contributed by atoms with E-state index in [9.17, 15) is 0 Å². The van der Waals surface area contributed by atoms with Crippen LogP contribution >= 0.6 is 22.7 Å². The maximum atomic E-state index is 4.96. The fraction of sp³-hybridized carbons (Fsp3) is 0.0417. The Morgan fingerprint density at radius 1 is 0.396 bits per heavy atom. The molecule has 0 spiro atoms. The molecule has 0 atom stereocenters. The zero-order chi connectivity index (χ0) is 35.3. The van der Waals surface area contributed by atoms with Crippen LogP contribution < -0.4 is 10.4 Å². The summed E-state index contributed by atoms with van der Waals surface area (Å²) in [5.41, 5.74) is 12.2. The van der Waals surface area contributed by atoms with Crippen LogP contribution in [0.3, 0.4) is 0 Å². The molecule has 250 valence electrons. The minimum atomic E-state index is -1.93. The normalized spacial score (nSPS) is 13.2. The second kappa shape index (κ2) is 11.6. The topological polar surface area (TPSA) is 25.8 Å². The quantitative estimate of drug-likeness (QED) is 0.133. The van der Waals surface area contributed by atoms with Gasteiger partial charge in [-0.1, -0.05) is 140 Å². The van der Waals surface area contributed by atoms with E-state index in [4.69, 9.17) is 9.97 Å². The molecule has 0 radical (unpaired) electrons.